The molecule has 0 fully saturated rings. The van der Waals surface area contributed by atoms with Gasteiger partial charge in [-0.15, -0.1) is 11.3 Å². The van der Waals surface area contributed by atoms with Crippen LogP contribution in [-0.2, 0) is 16.1 Å². The zero-order valence-electron chi connectivity index (χ0n) is 14.2. The number of alkyl carbamates (subject to hydrolysis) is 1. The average Bonchev–Trinajstić information content (AvgIpc) is 2.87. The summed E-state index contributed by atoms with van der Waals surface area (Å²) < 4.78 is 6.15. The molecule has 24 heavy (non-hydrogen) atoms. The summed E-state index contributed by atoms with van der Waals surface area (Å²) in [4.78, 5) is 28.8. The van der Waals surface area contributed by atoms with Crippen molar-refractivity contribution in [1.82, 2.24) is 15.6 Å². The molecule has 7 nitrogen and oxygen atoms in total. The summed E-state index contributed by atoms with van der Waals surface area (Å²) in [6.07, 6.45) is 1.04. The summed E-state index contributed by atoms with van der Waals surface area (Å²) in [5.41, 5.74) is 5.22. The summed E-state index contributed by atoms with van der Waals surface area (Å²) >= 11 is 1.54. The van der Waals surface area contributed by atoms with Crippen molar-refractivity contribution in [1.29, 1.82) is 0 Å². The molecule has 2 heterocycles. The first-order valence-electron chi connectivity index (χ1n) is 7.56. The Hall–Kier alpha value is -2.35. The number of nitrogen functional groups attached to an aromatic ring is 1. The number of nitrogens with one attached hydrogen (secondary N) is 2. The van der Waals surface area contributed by atoms with Crippen LogP contribution in [0.1, 0.15) is 32.6 Å². The predicted molar refractivity (Wildman–Crippen MR) is 94.7 cm³/mol. The lowest BCUT2D eigenvalue weighted by Crippen LogP contribution is -2.46. The summed E-state index contributed by atoms with van der Waals surface area (Å²) in [7, 11) is 0. The summed E-state index contributed by atoms with van der Waals surface area (Å²) in [5, 5.41) is 6.18. The molecule has 1 atom stereocenters. The van der Waals surface area contributed by atoms with Crippen molar-refractivity contribution in [2.45, 2.75) is 45.9 Å². The topological polar surface area (TPSA) is 106 Å². The maximum absolute atomic E-state index is 12.1. The van der Waals surface area contributed by atoms with Crippen LogP contribution >= 0.6 is 11.3 Å². The highest BCUT2D eigenvalue weighted by atomic mass is 32.1. The van der Waals surface area contributed by atoms with E-state index in [1.54, 1.807) is 45.2 Å². The molecule has 8 heteroatoms. The fourth-order valence-corrected chi connectivity index (χ4v) is 3.01. The van der Waals surface area contributed by atoms with Crippen molar-refractivity contribution in [2.75, 3.05) is 5.73 Å². The van der Waals surface area contributed by atoms with E-state index in [0.29, 0.717) is 12.4 Å². The van der Waals surface area contributed by atoms with Crippen molar-refractivity contribution in [3.8, 4) is 0 Å². The predicted octanol–water partition coefficient (Wildman–Crippen LogP) is 2.41. The maximum atomic E-state index is 12.1. The minimum Gasteiger partial charge on any atom is -0.444 e. The van der Waals surface area contributed by atoms with Gasteiger partial charge >= 0.3 is 6.09 Å². The van der Waals surface area contributed by atoms with Gasteiger partial charge in [-0.3, -0.25) is 4.79 Å². The number of rotatable bonds is 4. The van der Waals surface area contributed by atoms with Gasteiger partial charge in [-0.1, -0.05) is 0 Å². The van der Waals surface area contributed by atoms with Crippen LogP contribution < -0.4 is 16.4 Å². The Morgan fingerprint density at radius 3 is 2.75 bits per heavy atom. The highest BCUT2D eigenvalue weighted by molar-refractivity contribution is 7.19. The van der Waals surface area contributed by atoms with E-state index in [1.807, 2.05) is 12.1 Å². The van der Waals surface area contributed by atoms with Crippen molar-refractivity contribution >= 4 is 39.2 Å². The molecule has 1 unspecified atom stereocenters. The Kier molecular flexibility index (Phi) is 5.28. The number of carbonyl (C=O) groups is 2. The molecule has 0 aliphatic carbocycles. The number of hydrogen-bond acceptors (Lipinski definition) is 6. The number of anilines is 1. The van der Waals surface area contributed by atoms with Gasteiger partial charge in [0.15, 0.2) is 0 Å². The summed E-state index contributed by atoms with van der Waals surface area (Å²) in [6, 6.07) is 3.10. The number of thiophene rings is 1. The Labute approximate surface area is 144 Å². The minimum atomic E-state index is -0.694. The van der Waals surface area contributed by atoms with E-state index in [2.05, 4.69) is 15.6 Å². The molecule has 0 bridgehead atoms. The highest BCUT2D eigenvalue weighted by Crippen LogP contribution is 2.28. The summed E-state index contributed by atoms with van der Waals surface area (Å²) in [5.74, 6) is 0.186. The Morgan fingerprint density at radius 2 is 2.12 bits per heavy atom. The van der Waals surface area contributed by atoms with E-state index in [4.69, 9.17) is 10.5 Å². The van der Waals surface area contributed by atoms with Crippen molar-refractivity contribution in [2.24, 2.45) is 0 Å². The van der Waals surface area contributed by atoms with E-state index < -0.39 is 17.7 Å². The number of nitrogens with zero attached hydrogens (tertiary/aromatic N) is 1. The van der Waals surface area contributed by atoms with E-state index in [9.17, 15) is 9.59 Å². The molecule has 2 aromatic heterocycles. The van der Waals surface area contributed by atoms with Gasteiger partial charge in [-0.25, -0.2) is 9.78 Å². The third-order valence-electron chi connectivity index (χ3n) is 3.09. The first-order chi connectivity index (χ1) is 11.2. The lowest BCUT2D eigenvalue weighted by molar-refractivity contribution is -0.122. The molecule has 0 aromatic carbocycles. The molecular formula is C16H22N4O3S. The number of carbonyl (C=O) groups excluding carboxylic acids is 2. The molecule has 0 saturated carbocycles. The number of pyridine rings is 1. The number of amides is 2. The van der Waals surface area contributed by atoms with Gasteiger partial charge in [0.25, 0.3) is 0 Å². The van der Waals surface area contributed by atoms with Crippen LogP contribution in [-0.4, -0.2) is 28.6 Å². The van der Waals surface area contributed by atoms with Crippen LogP contribution in [0.15, 0.2) is 18.3 Å². The summed E-state index contributed by atoms with van der Waals surface area (Å²) in [6.45, 7) is 7.25. The van der Waals surface area contributed by atoms with E-state index in [-0.39, 0.29) is 5.91 Å². The molecule has 0 aliphatic rings. The second-order valence-corrected chi connectivity index (χ2v) is 7.57. The highest BCUT2D eigenvalue weighted by Gasteiger charge is 2.21. The Bertz CT molecular complexity index is 751. The van der Waals surface area contributed by atoms with Crippen LogP contribution in [0.25, 0.3) is 10.1 Å². The maximum Gasteiger partial charge on any atom is 0.408 e. The second-order valence-electron chi connectivity index (χ2n) is 6.41. The number of nitrogens with two attached hydrogens (primary N) is 1. The van der Waals surface area contributed by atoms with Crippen molar-refractivity contribution in [3.63, 3.8) is 0 Å². The van der Waals surface area contributed by atoms with Gasteiger partial charge in [0.1, 0.15) is 17.5 Å². The van der Waals surface area contributed by atoms with E-state index in [0.717, 1.165) is 15.0 Å². The van der Waals surface area contributed by atoms with Crippen molar-refractivity contribution in [3.05, 3.63) is 23.2 Å². The largest absolute Gasteiger partial charge is 0.444 e. The van der Waals surface area contributed by atoms with Gasteiger partial charge in [0.2, 0.25) is 5.91 Å². The van der Waals surface area contributed by atoms with Crippen LogP contribution in [0.4, 0.5) is 10.6 Å². The number of aromatic nitrogens is 1. The molecular weight excluding hydrogens is 328 g/mol. The van der Waals surface area contributed by atoms with Gasteiger partial charge in [0.05, 0.1) is 6.54 Å². The third kappa shape index (κ3) is 4.82. The van der Waals surface area contributed by atoms with Crippen LogP contribution in [0.2, 0.25) is 0 Å². The molecule has 2 rings (SSSR count). The van der Waals surface area contributed by atoms with Gasteiger partial charge in [-0.05, 0) is 39.8 Å². The van der Waals surface area contributed by atoms with Crippen LogP contribution in [0.5, 0.6) is 0 Å². The standard InChI is InChI=1S/C16H22N4O3S/c1-9(20-15(22)23-16(2,3)4)14(21)19-8-10-7-11-12(24-10)5-6-18-13(11)17/h5-7,9H,8H2,1-4H3,(H2,17,18)(H,19,21)(H,20,22). The number of ether oxygens (including phenoxy) is 1. The molecule has 0 aliphatic heterocycles. The van der Waals surface area contributed by atoms with E-state index >= 15 is 0 Å². The van der Waals surface area contributed by atoms with Gasteiger partial charge in [-0.2, -0.15) is 0 Å². The van der Waals surface area contributed by atoms with E-state index in [1.165, 1.54) is 0 Å². The normalized spacial score (nSPS) is 12.7. The van der Waals surface area contributed by atoms with Crippen LogP contribution in [0, 0.1) is 0 Å². The smallest absolute Gasteiger partial charge is 0.408 e. The second kappa shape index (κ2) is 7.04. The molecule has 0 spiro atoms. The zero-order valence-corrected chi connectivity index (χ0v) is 15.0. The third-order valence-corrected chi connectivity index (χ3v) is 4.19. The SMILES string of the molecule is CC(NC(=O)OC(C)(C)C)C(=O)NCc1cc2c(N)nccc2s1. The lowest BCUT2D eigenvalue weighted by atomic mass is 10.2. The zero-order chi connectivity index (χ0) is 17.9. The monoisotopic (exact) mass is 350 g/mol. The van der Waals surface area contributed by atoms with Crippen LogP contribution in [0.3, 0.4) is 0 Å². The minimum absolute atomic E-state index is 0.288. The Morgan fingerprint density at radius 1 is 1.42 bits per heavy atom. The molecule has 0 radical (unpaired) electrons. The Balaban J connectivity index is 1.89. The molecule has 130 valence electrons. The quantitative estimate of drug-likeness (QED) is 0.785. The first-order valence-corrected chi connectivity index (χ1v) is 8.37. The molecule has 2 aromatic rings. The van der Waals surface area contributed by atoms with Crippen molar-refractivity contribution < 1.29 is 14.3 Å². The fourth-order valence-electron chi connectivity index (χ4n) is 2.00. The molecule has 2 amide bonds. The molecule has 4 N–H and O–H groups in total. The first kappa shape index (κ1) is 18.0. The van der Waals surface area contributed by atoms with Gasteiger partial charge < -0.3 is 21.1 Å². The lowest BCUT2D eigenvalue weighted by Gasteiger charge is -2.21. The fraction of sp³-hybridized carbons (Fsp3) is 0.438. The molecule has 0 saturated heterocycles. The van der Waals surface area contributed by atoms with Gasteiger partial charge in [0, 0.05) is 21.2 Å². The number of fused-ring (bicyclic) bond motifs is 1. The number of hydrogen-bond donors (Lipinski definition) is 3. The average molecular weight is 350 g/mol.